The first-order chi connectivity index (χ1) is 13.0. The molecule has 5 atom stereocenters. The Morgan fingerprint density at radius 3 is 2.70 bits per heavy atom. The third-order valence-electron chi connectivity index (χ3n) is 8.69. The standard InChI is InChI=1S/C25H32O2/c1-3-25(26)15-13-23-22-10-8-17-16-19(27-18-6-4-5-7-18)9-11-20(17)21(22)12-14-24(23,25)2/h1,9,11,16,18,21-23,26H,4-8,10,12-15H2,2H3/t21-,22-,23?,24+,25+/m1/s1. The van der Waals surface area contributed by atoms with Crippen molar-refractivity contribution in [2.75, 3.05) is 0 Å². The molecular formula is C25H32O2. The van der Waals surface area contributed by atoms with Gasteiger partial charge in [0.15, 0.2) is 0 Å². The van der Waals surface area contributed by atoms with Crippen molar-refractivity contribution in [3.05, 3.63) is 29.3 Å². The minimum atomic E-state index is -0.901. The molecule has 2 nitrogen and oxygen atoms in total. The van der Waals surface area contributed by atoms with Crippen LogP contribution in [0.3, 0.4) is 0 Å². The lowest BCUT2D eigenvalue weighted by molar-refractivity contribution is -0.0647. The Morgan fingerprint density at radius 2 is 1.93 bits per heavy atom. The lowest BCUT2D eigenvalue weighted by Gasteiger charge is -2.52. The number of rotatable bonds is 2. The highest BCUT2D eigenvalue weighted by Crippen LogP contribution is 2.64. The summed E-state index contributed by atoms with van der Waals surface area (Å²) < 4.78 is 6.25. The predicted octanol–water partition coefficient (Wildman–Crippen LogP) is 5.23. The van der Waals surface area contributed by atoms with Gasteiger partial charge >= 0.3 is 0 Å². The summed E-state index contributed by atoms with van der Waals surface area (Å²) in [6, 6.07) is 6.88. The summed E-state index contributed by atoms with van der Waals surface area (Å²) in [5.74, 6) is 5.70. The number of ether oxygens (including phenoxy) is 1. The predicted molar refractivity (Wildman–Crippen MR) is 108 cm³/mol. The summed E-state index contributed by atoms with van der Waals surface area (Å²) in [5.41, 5.74) is 2.04. The van der Waals surface area contributed by atoms with Gasteiger partial charge < -0.3 is 9.84 Å². The molecule has 5 rings (SSSR count). The third kappa shape index (κ3) is 2.58. The quantitative estimate of drug-likeness (QED) is 0.728. The highest BCUT2D eigenvalue weighted by molar-refractivity contribution is 5.41. The van der Waals surface area contributed by atoms with Crippen LogP contribution >= 0.6 is 0 Å². The van der Waals surface area contributed by atoms with E-state index in [1.54, 1.807) is 5.56 Å². The molecule has 3 saturated carbocycles. The summed E-state index contributed by atoms with van der Waals surface area (Å²) >= 11 is 0. The smallest absolute Gasteiger partial charge is 0.130 e. The molecule has 0 aliphatic heterocycles. The Bertz CT molecular complexity index is 771. The van der Waals surface area contributed by atoms with Gasteiger partial charge in [-0.25, -0.2) is 0 Å². The molecule has 27 heavy (non-hydrogen) atoms. The van der Waals surface area contributed by atoms with Crippen LogP contribution in [0.1, 0.15) is 81.8 Å². The summed E-state index contributed by atoms with van der Waals surface area (Å²) in [4.78, 5) is 0. The third-order valence-corrected chi connectivity index (χ3v) is 8.69. The van der Waals surface area contributed by atoms with E-state index in [-0.39, 0.29) is 5.41 Å². The number of hydrogen-bond donors (Lipinski definition) is 1. The van der Waals surface area contributed by atoms with Gasteiger partial charge in [-0.3, -0.25) is 0 Å². The molecule has 1 aromatic rings. The van der Waals surface area contributed by atoms with Crippen LogP contribution in [-0.4, -0.2) is 16.8 Å². The second kappa shape index (κ2) is 6.28. The van der Waals surface area contributed by atoms with Crippen LogP contribution in [0.5, 0.6) is 5.75 Å². The fourth-order valence-electron chi connectivity index (χ4n) is 7.08. The highest BCUT2D eigenvalue weighted by Gasteiger charge is 2.61. The molecule has 0 saturated heterocycles. The second-order valence-electron chi connectivity index (χ2n) is 9.80. The van der Waals surface area contributed by atoms with Crippen LogP contribution in [-0.2, 0) is 6.42 Å². The lowest BCUT2D eigenvalue weighted by atomic mass is 9.53. The summed E-state index contributed by atoms with van der Waals surface area (Å²) in [7, 11) is 0. The van der Waals surface area contributed by atoms with E-state index in [0.29, 0.717) is 23.9 Å². The van der Waals surface area contributed by atoms with Crippen molar-refractivity contribution in [1.29, 1.82) is 0 Å². The zero-order valence-electron chi connectivity index (χ0n) is 16.5. The number of fused-ring (bicyclic) bond motifs is 5. The number of aliphatic hydroxyl groups is 1. The minimum Gasteiger partial charge on any atom is -0.490 e. The van der Waals surface area contributed by atoms with Crippen LogP contribution < -0.4 is 4.74 Å². The fraction of sp³-hybridized carbons (Fsp3) is 0.680. The van der Waals surface area contributed by atoms with E-state index in [0.717, 1.165) is 37.9 Å². The molecule has 0 amide bonds. The van der Waals surface area contributed by atoms with Gasteiger partial charge in [0.25, 0.3) is 0 Å². The Labute approximate surface area is 163 Å². The van der Waals surface area contributed by atoms with Crippen molar-refractivity contribution >= 4 is 0 Å². The first-order valence-electron chi connectivity index (χ1n) is 11.0. The molecule has 3 fully saturated rings. The maximum atomic E-state index is 11.1. The van der Waals surface area contributed by atoms with Crippen molar-refractivity contribution in [3.8, 4) is 18.1 Å². The van der Waals surface area contributed by atoms with Gasteiger partial charge in [-0.05, 0) is 105 Å². The van der Waals surface area contributed by atoms with Gasteiger partial charge in [0.2, 0.25) is 0 Å². The van der Waals surface area contributed by atoms with Crippen molar-refractivity contribution < 1.29 is 9.84 Å². The van der Waals surface area contributed by atoms with E-state index >= 15 is 0 Å². The van der Waals surface area contributed by atoms with Gasteiger partial charge in [-0.2, -0.15) is 0 Å². The van der Waals surface area contributed by atoms with Crippen LogP contribution in [0.25, 0.3) is 0 Å². The maximum absolute atomic E-state index is 11.1. The zero-order chi connectivity index (χ0) is 18.6. The molecule has 0 bridgehead atoms. The SMILES string of the molecule is C#C[C@]1(O)CCC2[C@@H]3CCc4cc(OC5CCCC5)ccc4[C@H]3CC[C@@]21C. The van der Waals surface area contributed by atoms with Crippen LogP contribution in [0.4, 0.5) is 0 Å². The minimum absolute atomic E-state index is 0.105. The van der Waals surface area contributed by atoms with E-state index in [2.05, 4.69) is 31.0 Å². The zero-order valence-corrected chi connectivity index (χ0v) is 16.5. The molecule has 4 aliphatic rings. The largest absolute Gasteiger partial charge is 0.490 e. The van der Waals surface area contributed by atoms with Crippen molar-refractivity contribution in [2.24, 2.45) is 17.3 Å². The van der Waals surface area contributed by atoms with Crippen molar-refractivity contribution in [2.45, 2.75) is 88.8 Å². The molecule has 1 N–H and O–H groups in total. The summed E-state index contributed by atoms with van der Waals surface area (Å²) in [5, 5.41) is 11.1. The Balaban J connectivity index is 1.40. The monoisotopic (exact) mass is 364 g/mol. The van der Waals surface area contributed by atoms with Crippen LogP contribution in [0.2, 0.25) is 0 Å². The number of hydrogen-bond acceptors (Lipinski definition) is 2. The molecule has 0 spiro atoms. The number of terminal acetylenes is 1. The summed E-state index contributed by atoms with van der Waals surface area (Å²) in [6.45, 7) is 2.26. The van der Waals surface area contributed by atoms with E-state index in [9.17, 15) is 5.11 Å². The molecule has 4 aliphatic carbocycles. The lowest BCUT2D eigenvalue weighted by Crippen LogP contribution is -2.50. The Morgan fingerprint density at radius 1 is 1.11 bits per heavy atom. The van der Waals surface area contributed by atoms with E-state index in [1.807, 2.05) is 0 Å². The average molecular weight is 365 g/mol. The summed E-state index contributed by atoms with van der Waals surface area (Å²) in [6.07, 6.45) is 17.6. The van der Waals surface area contributed by atoms with Gasteiger partial charge in [-0.15, -0.1) is 6.42 Å². The van der Waals surface area contributed by atoms with E-state index in [4.69, 9.17) is 11.2 Å². The second-order valence-corrected chi connectivity index (χ2v) is 9.80. The molecule has 0 heterocycles. The van der Waals surface area contributed by atoms with E-state index < -0.39 is 5.60 Å². The molecule has 0 aromatic heterocycles. The molecule has 144 valence electrons. The molecule has 1 unspecified atom stereocenters. The van der Waals surface area contributed by atoms with Crippen LogP contribution in [0.15, 0.2) is 18.2 Å². The maximum Gasteiger partial charge on any atom is 0.130 e. The van der Waals surface area contributed by atoms with Crippen molar-refractivity contribution in [1.82, 2.24) is 0 Å². The highest BCUT2D eigenvalue weighted by atomic mass is 16.5. The first kappa shape index (κ1) is 17.6. The Hall–Kier alpha value is -1.46. The number of aryl methyl sites for hydroxylation is 1. The number of benzene rings is 1. The normalized spacial score (nSPS) is 40.7. The van der Waals surface area contributed by atoms with Gasteiger partial charge in [0.05, 0.1) is 6.10 Å². The molecule has 1 aromatic carbocycles. The van der Waals surface area contributed by atoms with Crippen molar-refractivity contribution in [3.63, 3.8) is 0 Å². The Kier molecular flexibility index (Phi) is 4.10. The average Bonchev–Trinajstić information content (AvgIpc) is 3.28. The molecule has 2 heteroatoms. The van der Waals surface area contributed by atoms with E-state index in [1.165, 1.54) is 37.7 Å². The fourth-order valence-corrected chi connectivity index (χ4v) is 7.08. The van der Waals surface area contributed by atoms with Gasteiger partial charge in [-0.1, -0.05) is 18.9 Å². The first-order valence-corrected chi connectivity index (χ1v) is 11.0. The molecule has 0 radical (unpaired) electrons. The van der Waals surface area contributed by atoms with Gasteiger partial charge in [0.1, 0.15) is 11.4 Å². The van der Waals surface area contributed by atoms with Crippen LogP contribution in [0, 0.1) is 29.6 Å². The molecular weight excluding hydrogens is 332 g/mol. The topological polar surface area (TPSA) is 29.5 Å². The van der Waals surface area contributed by atoms with Gasteiger partial charge in [0, 0.05) is 5.41 Å².